The zero-order valence-corrected chi connectivity index (χ0v) is 10.1. The highest BCUT2D eigenvalue weighted by atomic mass is 16.5. The number of nitrogens with one attached hydrogen (secondary N) is 1. The summed E-state index contributed by atoms with van der Waals surface area (Å²) in [6.45, 7) is 3.69. The van der Waals surface area contributed by atoms with E-state index in [2.05, 4.69) is 27.4 Å². The Labute approximate surface area is 96.2 Å². The van der Waals surface area contributed by atoms with Crippen LogP contribution in [0.4, 0.5) is 6.01 Å². The van der Waals surface area contributed by atoms with Crippen LogP contribution in [0.3, 0.4) is 0 Å². The molecule has 1 N–H and O–H groups in total. The predicted molar refractivity (Wildman–Crippen MR) is 62.4 cm³/mol. The van der Waals surface area contributed by atoms with Gasteiger partial charge in [-0.05, 0) is 26.8 Å². The lowest BCUT2D eigenvalue weighted by molar-refractivity contribution is 0.254. The number of hydrogen-bond donors (Lipinski definition) is 1. The zero-order chi connectivity index (χ0) is 11.4. The first-order valence-electron chi connectivity index (χ1n) is 6.00. The number of likely N-dealkylation sites (N-methyl/N-ethyl adjacent to an activating group) is 1. The molecule has 0 aromatic carbocycles. The molecule has 1 fully saturated rings. The Morgan fingerprint density at radius 3 is 2.81 bits per heavy atom. The van der Waals surface area contributed by atoms with Gasteiger partial charge >= 0.3 is 6.01 Å². The molecule has 0 atom stereocenters. The van der Waals surface area contributed by atoms with Crippen molar-refractivity contribution in [3.63, 3.8) is 0 Å². The van der Waals surface area contributed by atoms with Crippen molar-refractivity contribution in [1.29, 1.82) is 0 Å². The normalized spacial score (nSPS) is 17.2. The van der Waals surface area contributed by atoms with Crippen molar-refractivity contribution in [2.24, 2.45) is 0 Å². The molecule has 1 aromatic rings. The highest BCUT2D eigenvalue weighted by Crippen LogP contribution is 2.21. The molecule has 5 nitrogen and oxygen atoms in total. The second-order valence-electron chi connectivity index (χ2n) is 4.49. The average molecular weight is 224 g/mol. The Morgan fingerprint density at radius 2 is 2.19 bits per heavy atom. The number of hydrogen-bond acceptors (Lipinski definition) is 5. The smallest absolute Gasteiger partial charge is 0.321 e. The molecule has 2 rings (SSSR count). The highest BCUT2D eigenvalue weighted by Gasteiger charge is 2.18. The van der Waals surface area contributed by atoms with Gasteiger partial charge in [0.05, 0.1) is 0 Å². The van der Waals surface area contributed by atoms with Crippen LogP contribution in [-0.4, -0.2) is 41.2 Å². The fourth-order valence-corrected chi connectivity index (χ4v) is 2.24. The molecule has 1 heterocycles. The van der Waals surface area contributed by atoms with Crippen LogP contribution >= 0.6 is 0 Å². The average Bonchev–Trinajstić information content (AvgIpc) is 2.89. The van der Waals surface area contributed by atoms with E-state index in [9.17, 15) is 0 Å². The van der Waals surface area contributed by atoms with Crippen LogP contribution in [0.5, 0.6) is 0 Å². The van der Waals surface area contributed by atoms with Crippen molar-refractivity contribution in [1.82, 2.24) is 15.0 Å². The summed E-state index contributed by atoms with van der Waals surface area (Å²) < 4.78 is 4.98. The van der Waals surface area contributed by atoms with E-state index in [4.69, 9.17) is 4.52 Å². The number of anilines is 1. The third-order valence-electron chi connectivity index (χ3n) is 3.22. The van der Waals surface area contributed by atoms with E-state index < -0.39 is 0 Å². The molecule has 5 heteroatoms. The number of aryl methyl sites for hydroxylation is 1. The molecule has 0 saturated heterocycles. The van der Waals surface area contributed by atoms with Crippen LogP contribution in [0.1, 0.15) is 31.5 Å². The quantitative estimate of drug-likeness (QED) is 0.824. The van der Waals surface area contributed by atoms with Gasteiger partial charge in [-0.1, -0.05) is 18.0 Å². The molecule has 1 aliphatic rings. The maximum absolute atomic E-state index is 4.98. The minimum absolute atomic E-state index is 0.525. The summed E-state index contributed by atoms with van der Waals surface area (Å²) >= 11 is 0. The summed E-state index contributed by atoms with van der Waals surface area (Å²) in [5.74, 6) is 0.673. The van der Waals surface area contributed by atoms with E-state index in [1.54, 1.807) is 0 Å². The SMILES string of the molecule is Cc1noc(NCCN(C)C2CCCC2)n1. The van der Waals surface area contributed by atoms with Gasteiger partial charge in [-0.15, -0.1) is 0 Å². The molecule has 16 heavy (non-hydrogen) atoms. The Balaban J connectivity index is 1.67. The van der Waals surface area contributed by atoms with Crippen LogP contribution < -0.4 is 5.32 Å². The molecule has 0 radical (unpaired) electrons. The van der Waals surface area contributed by atoms with Crippen LogP contribution in [0.2, 0.25) is 0 Å². The van der Waals surface area contributed by atoms with Crippen molar-refractivity contribution in [3.8, 4) is 0 Å². The molecule has 1 aromatic heterocycles. The molecule has 1 saturated carbocycles. The Kier molecular flexibility index (Phi) is 3.77. The van der Waals surface area contributed by atoms with Gasteiger partial charge in [0.2, 0.25) is 0 Å². The summed E-state index contributed by atoms with van der Waals surface area (Å²) in [6, 6.07) is 1.29. The lowest BCUT2D eigenvalue weighted by atomic mass is 10.2. The van der Waals surface area contributed by atoms with E-state index in [0.29, 0.717) is 11.8 Å². The Morgan fingerprint density at radius 1 is 1.44 bits per heavy atom. The molecule has 90 valence electrons. The summed E-state index contributed by atoms with van der Waals surface area (Å²) in [5, 5.41) is 6.87. The Bertz CT molecular complexity index is 320. The van der Waals surface area contributed by atoms with E-state index in [-0.39, 0.29) is 0 Å². The van der Waals surface area contributed by atoms with E-state index in [1.807, 2.05) is 6.92 Å². The van der Waals surface area contributed by atoms with Crippen molar-refractivity contribution in [2.45, 2.75) is 38.6 Å². The van der Waals surface area contributed by atoms with Crippen molar-refractivity contribution in [2.75, 3.05) is 25.5 Å². The molecule has 1 aliphatic carbocycles. The molecule has 0 aliphatic heterocycles. The minimum Gasteiger partial charge on any atom is -0.336 e. The van der Waals surface area contributed by atoms with Gasteiger partial charge in [-0.2, -0.15) is 4.98 Å². The third-order valence-corrected chi connectivity index (χ3v) is 3.22. The number of nitrogens with zero attached hydrogens (tertiary/aromatic N) is 3. The zero-order valence-electron chi connectivity index (χ0n) is 10.1. The molecular weight excluding hydrogens is 204 g/mol. The molecule has 0 amide bonds. The molecule has 0 bridgehead atoms. The van der Waals surface area contributed by atoms with Crippen LogP contribution in [0.15, 0.2) is 4.52 Å². The molecule has 0 spiro atoms. The fraction of sp³-hybridized carbons (Fsp3) is 0.818. The predicted octanol–water partition coefficient (Wildman–Crippen LogP) is 1.66. The van der Waals surface area contributed by atoms with Gasteiger partial charge in [0.1, 0.15) is 0 Å². The van der Waals surface area contributed by atoms with Crippen molar-refractivity contribution in [3.05, 3.63) is 5.82 Å². The summed E-state index contributed by atoms with van der Waals surface area (Å²) in [5.41, 5.74) is 0. The van der Waals surface area contributed by atoms with Gasteiger partial charge in [-0.25, -0.2) is 0 Å². The highest BCUT2D eigenvalue weighted by molar-refractivity contribution is 5.17. The van der Waals surface area contributed by atoms with Gasteiger partial charge in [-0.3, -0.25) is 0 Å². The van der Waals surface area contributed by atoms with Crippen molar-refractivity contribution >= 4 is 6.01 Å². The van der Waals surface area contributed by atoms with Gasteiger partial charge in [0.15, 0.2) is 5.82 Å². The maximum atomic E-state index is 4.98. The van der Waals surface area contributed by atoms with Gasteiger partial charge in [0, 0.05) is 19.1 Å². The summed E-state index contributed by atoms with van der Waals surface area (Å²) in [4.78, 5) is 6.52. The lowest BCUT2D eigenvalue weighted by Gasteiger charge is -2.23. The second kappa shape index (κ2) is 5.30. The number of rotatable bonds is 5. The Hall–Kier alpha value is -1.10. The van der Waals surface area contributed by atoms with Crippen LogP contribution in [0.25, 0.3) is 0 Å². The molecular formula is C11H20N4O. The molecule has 0 unspecified atom stereocenters. The first-order valence-corrected chi connectivity index (χ1v) is 6.00. The first-order chi connectivity index (χ1) is 7.75. The topological polar surface area (TPSA) is 54.2 Å². The van der Waals surface area contributed by atoms with Gasteiger partial charge in [0.25, 0.3) is 0 Å². The fourth-order valence-electron chi connectivity index (χ4n) is 2.24. The van der Waals surface area contributed by atoms with E-state index in [1.165, 1.54) is 25.7 Å². The van der Waals surface area contributed by atoms with Crippen molar-refractivity contribution < 1.29 is 4.52 Å². The monoisotopic (exact) mass is 224 g/mol. The second-order valence-corrected chi connectivity index (χ2v) is 4.49. The standard InChI is InChI=1S/C11H20N4O/c1-9-13-11(16-14-9)12-7-8-15(2)10-5-3-4-6-10/h10H,3-8H2,1-2H3,(H,12,13,14). The third kappa shape index (κ3) is 2.95. The lowest BCUT2D eigenvalue weighted by Crippen LogP contribution is -2.33. The minimum atomic E-state index is 0.525. The van der Waals surface area contributed by atoms with Crippen LogP contribution in [0, 0.1) is 6.92 Å². The largest absolute Gasteiger partial charge is 0.336 e. The van der Waals surface area contributed by atoms with E-state index >= 15 is 0 Å². The van der Waals surface area contributed by atoms with Gasteiger partial charge < -0.3 is 14.7 Å². The summed E-state index contributed by atoms with van der Waals surface area (Å²) in [6.07, 6.45) is 5.45. The maximum Gasteiger partial charge on any atom is 0.321 e. The first kappa shape index (κ1) is 11.4. The van der Waals surface area contributed by atoms with E-state index in [0.717, 1.165) is 19.1 Å². The summed E-state index contributed by atoms with van der Waals surface area (Å²) in [7, 11) is 2.19. The number of aromatic nitrogens is 2. The van der Waals surface area contributed by atoms with Crippen LogP contribution in [-0.2, 0) is 0 Å².